The molecule has 0 aromatic heterocycles. The number of rotatable bonds is 2. The molecule has 0 bridgehead atoms. The fourth-order valence-electron chi connectivity index (χ4n) is 1.92. The maximum absolute atomic E-state index is 12.4. The number of hydrogen-bond acceptors (Lipinski definition) is 3. The number of nitrogens with one attached hydrogen (secondary N) is 1. The molecule has 0 saturated carbocycles. The summed E-state index contributed by atoms with van der Waals surface area (Å²) >= 11 is 3.30. The van der Waals surface area contributed by atoms with Gasteiger partial charge in [0, 0.05) is 30.1 Å². The molecule has 0 unspecified atom stereocenters. The first-order valence-corrected chi connectivity index (χ1v) is 7.73. The van der Waals surface area contributed by atoms with Crippen LogP contribution in [-0.2, 0) is 10.0 Å². The van der Waals surface area contributed by atoms with E-state index < -0.39 is 10.0 Å². The van der Waals surface area contributed by atoms with E-state index in [0.717, 1.165) is 4.47 Å². The van der Waals surface area contributed by atoms with Crippen LogP contribution in [0.3, 0.4) is 0 Å². The van der Waals surface area contributed by atoms with Crippen molar-refractivity contribution in [3.05, 3.63) is 28.7 Å². The predicted octanol–water partition coefficient (Wildman–Crippen LogP) is 1.85. The van der Waals surface area contributed by atoms with Crippen LogP contribution in [0, 0.1) is 0 Å². The van der Waals surface area contributed by atoms with Gasteiger partial charge in [-0.3, -0.25) is 0 Å². The van der Waals surface area contributed by atoms with Crippen LogP contribution in [0.5, 0.6) is 0 Å². The Bertz CT molecular complexity index is 492. The van der Waals surface area contributed by atoms with E-state index >= 15 is 0 Å². The lowest BCUT2D eigenvalue weighted by molar-refractivity contribution is 0.284. The number of hydrogen-bond donors (Lipinski definition) is 1. The standard InChI is InChI=1S/C11H15BrN2O2S.ClH/c1-9-8-13-6-7-14(9)17(15,16)11-4-2-10(12)3-5-11;/h2-5,9,13H,6-8H2,1H3;1H/t9-;/m0./s1. The Morgan fingerprint density at radius 1 is 1.33 bits per heavy atom. The summed E-state index contributed by atoms with van der Waals surface area (Å²) in [6.45, 7) is 3.86. The summed E-state index contributed by atoms with van der Waals surface area (Å²) in [6.07, 6.45) is 0. The molecule has 1 aliphatic rings. The van der Waals surface area contributed by atoms with E-state index in [1.807, 2.05) is 6.92 Å². The number of benzene rings is 1. The zero-order valence-electron chi connectivity index (χ0n) is 9.97. The molecule has 0 spiro atoms. The van der Waals surface area contributed by atoms with Gasteiger partial charge >= 0.3 is 0 Å². The highest BCUT2D eigenvalue weighted by Gasteiger charge is 2.30. The smallest absolute Gasteiger partial charge is 0.243 e. The van der Waals surface area contributed by atoms with Gasteiger partial charge in [0.25, 0.3) is 0 Å². The van der Waals surface area contributed by atoms with E-state index in [0.29, 0.717) is 24.5 Å². The molecular weight excluding hydrogens is 340 g/mol. The van der Waals surface area contributed by atoms with Crippen LogP contribution < -0.4 is 5.32 Å². The summed E-state index contributed by atoms with van der Waals surface area (Å²) in [4.78, 5) is 0.356. The molecule has 1 aromatic rings. The van der Waals surface area contributed by atoms with Gasteiger partial charge in [0.05, 0.1) is 4.90 Å². The summed E-state index contributed by atoms with van der Waals surface area (Å²) in [6, 6.07) is 6.76. The quantitative estimate of drug-likeness (QED) is 0.881. The highest BCUT2D eigenvalue weighted by molar-refractivity contribution is 9.10. The second kappa shape index (κ2) is 6.34. The normalized spacial score (nSPS) is 21.3. The Morgan fingerprint density at radius 2 is 1.94 bits per heavy atom. The summed E-state index contributed by atoms with van der Waals surface area (Å²) < 4.78 is 27.2. The van der Waals surface area contributed by atoms with Crippen LogP contribution in [0.1, 0.15) is 6.92 Å². The van der Waals surface area contributed by atoms with Gasteiger partial charge in [-0.05, 0) is 31.2 Å². The van der Waals surface area contributed by atoms with Crippen LogP contribution in [0.25, 0.3) is 0 Å². The Balaban J connectivity index is 0.00000162. The summed E-state index contributed by atoms with van der Waals surface area (Å²) in [5.41, 5.74) is 0. The first-order chi connectivity index (χ1) is 8.01. The second-order valence-electron chi connectivity index (χ2n) is 4.12. The monoisotopic (exact) mass is 354 g/mol. The van der Waals surface area contributed by atoms with Crippen molar-refractivity contribution in [3.63, 3.8) is 0 Å². The molecule has 1 atom stereocenters. The van der Waals surface area contributed by atoms with E-state index in [1.54, 1.807) is 28.6 Å². The molecule has 0 radical (unpaired) electrons. The lowest BCUT2D eigenvalue weighted by Gasteiger charge is -2.32. The highest BCUT2D eigenvalue weighted by atomic mass is 79.9. The van der Waals surface area contributed by atoms with Gasteiger partial charge in [0.2, 0.25) is 10.0 Å². The van der Waals surface area contributed by atoms with Crippen molar-refractivity contribution in [1.82, 2.24) is 9.62 Å². The molecule has 18 heavy (non-hydrogen) atoms. The van der Waals surface area contributed by atoms with Gasteiger partial charge in [-0.15, -0.1) is 12.4 Å². The van der Waals surface area contributed by atoms with Crippen molar-refractivity contribution in [3.8, 4) is 0 Å². The largest absolute Gasteiger partial charge is 0.314 e. The van der Waals surface area contributed by atoms with Crippen LogP contribution in [-0.4, -0.2) is 38.4 Å². The second-order valence-corrected chi connectivity index (χ2v) is 6.93. The molecule has 0 amide bonds. The molecule has 1 N–H and O–H groups in total. The Labute approximate surface area is 122 Å². The van der Waals surface area contributed by atoms with Gasteiger partial charge in [-0.1, -0.05) is 15.9 Å². The third-order valence-electron chi connectivity index (χ3n) is 2.86. The molecule has 1 heterocycles. The van der Waals surface area contributed by atoms with Crippen molar-refractivity contribution in [1.29, 1.82) is 0 Å². The van der Waals surface area contributed by atoms with E-state index in [-0.39, 0.29) is 18.4 Å². The van der Waals surface area contributed by atoms with Gasteiger partial charge in [0.15, 0.2) is 0 Å². The van der Waals surface area contributed by atoms with E-state index in [9.17, 15) is 8.42 Å². The SMILES string of the molecule is C[C@H]1CNCCN1S(=O)(=O)c1ccc(Br)cc1.Cl. The van der Waals surface area contributed by atoms with Gasteiger partial charge in [-0.2, -0.15) is 4.31 Å². The fraction of sp³-hybridized carbons (Fsp3) is 0.455. The number of piperazine rings is 1. The van der Waals surface area contributed by atoms with Crippen LogP contribution in [0.2, 0.25) is 0 Å². The Morgan fingerprint density at radius 3 is 2.50 bits per heavy atom. The number of nitrogens with zero attached hydrogens (tertiary/aromatic N) is 1. The minimum Gasteiger partial charge on any atom is -0.314 e. The maximum atomic E-state index is 12.4. The third kappa shape index (κ3) is 3.24. The number of halogens is 2. The molecule has 7 heteroatoms. The van der Waals surface area contributed by atoms with Crippen molar-refractivity contribution in [2.75, 3.05) is 19.6 Å². The molecule has 1 saturated heterocycles. The average molecular weight is 356 g/mol. The van der Waals surface area contributed by atoms with Crippen LogP contribution in [0.4, 0.5) is 0 Å². The molecule has 1 aliphatic heterocycles. The lowest BCUT2D eigenvalue weighted by atomic mass is 10.3. The predicted molar refractivity (Wildman–Crippen MR) is 77.6 cm³/mol. The summed E-state index contributed by atoms with van der Waals surface area (Å²) in [5, 5.41) is 3.18. The summed E-state index contributed by atoms with van der Waals surface area (Å²) in [7, 11) is -3.36. The molecule has 0 aliphatic carbocycles. The Hall–Kier alpha value is -0.140. The van der Waals surface area contributed by atoms with Gasteiger partial charge in [-0.25, -0.2) is 8.42 Å². The lowest BCUT2D eigenvalue weighted by Crippen LogP contribution is -2.52. The molecule has 2 rings (SSSR count). The zero-order chi connectivity index (χ0) is 12.5. The number of sulfonamides is 1. The maximum Gasteiger partial charge on any atom is 0.243 e. The summed E-state index contributed by atoms with van der Waals surface area (Å²) in [5.74, 6) is 0. The first-order valence-electron chi connectivity index (χ1n) is 5.50. The van der Waals surface area contributed by atoms with Crippen LogP contribution >= 0.6 is 28.3 Å². The van der Waals surface area contributed by atoms with Crippen molar-refractivity contribution >= 4 is 38.4 Å². The van der Waals surface area contributed by atoms with E-state index in [4.69, 9.17) is 0 Å². The van der Waals surface area contributed by atoms with E-state index in [2.05, 4.69) is 21.2 Å². The third-order valence-corrected chi connectivity index (χ3v) is 5.42. The van der Waals surface area contributed by atoms with Crippen molar-refractivity contribution in [2.45, 2.75) is 17.9 Å². The fourth-order valence-corrected chi connectivity index (χ4v) is 3.82. The molecule has 4 nitrogen and oxygen atoms in total. The first kappa shape index (κ1) is 15.9. The van der Waals surface area contributed by atoms with Crippen LogP contribution in [0.15, 0.2) is 33.6 Å². The minimum absolute atomic E-state index is 0. The van der Waals surface area contributed by atoms with Gasteiger partial charge < -0.3 is 5.32 Å². The van der Waals surface area contributed by atoms with Gasteiger partial charge in [0.1, 0.15) is 0 Å². The topological polar surface area (TPSA) is 49.4 Å². The average Bonchev–Trinajstić information content (AvgIpc) is 2.30. The Kier molecular flexibility index (Phi) is 5.61. The molecule has 1 aromatic carbocycles. The molecular formula is C11H16BrClN2O2S. The zero-order valence-corrected chi connectivity index (χ0v) is 13.2. The van der Waals surface area contributed by atoms with E-state index in [1.165, 1.54) is 0 Å². The minimum atomic E-state index is -3.36. The highest BCUT2D eigenvalue weighted by Crippen LogP contribution is 2.21. The van der Waals surface area contributed by atoms with Crippen molar-refractivity contribution < 1.29 is 8.42 Å². The molecule has 1 fully saturated rings. The molecule has 102 valence electrons. The van der Waals surface area contributed by atoms with Crippen molar-refractivity contribution in [2.24, 2.45) is 0 Å².